The quantitative estimate of drug-likeness (QED) is 0.808. The van der Waals surface area contributed by atoms with Crippen molar-refractivity contribution >= 4 is 21.8 Å². The maximum Gasteiger partial charge on any atom is 0.269 e. The molecular weight excluding hydrogens is 404 g/mol. The van der Waals surface area contributed by atoms with Crippen LogP contribution in [0.4, 0.5) is 0 Å². The van der Waals surface area contributed by atoms with Gasteiger partial charge in [0, 0.05) is 24.9 Å². The Kier molecular flexibility index (Phi) is 4.85. The molecule has 1 N–H and O–H groups in total. The van der Waals surface area contributed by atoms with Gasteiger partial charge in [-0.15, -0.1) is 0 Å². The van der Waals surface area contributed by atoms with Crippen molar-refractivity contribution in [1.29, 1.82) is 0 Å². The molecule has 0 fully saturated rings. The molecule has 7 nitrogen and oxygen atoms in total. The summed E-state index contributed by atoms with van der Waals surface area (Å²) >= 11 is 0. The lowest BCUT2D eigenvalue weighted by Crippen LogP contribution is -2.42. The SMILES string of the molecule is Cc1ccc2c(c1)C(NC(=O)CCN1C(=O)c3ccccc3S1(=O)=O)CC(C)(C)O2. The predicted molar refractivity (Wildman–Crippen MR) is 111 cm³/mol. The van der Waals surface area contributed by atoms with Crippen LogP contribution in [0.1, 0.15) is 54.2 Å². The zero-order valence-electron chi connectivity index (χ0n) is 17.1. The summed E-state index contributed by atoms with van der Waals surface area (Å²) in [5, 5.41) is 2.99. The first-order chi connectivity index (χ1) is 14.1. The van der Waals surface area contributed by atoms with Gasteiger partial charge in [0.05, 0.1) is 11.6 Å². The van der Waals surface area contributed by atoms with Crippen LogP contribution >= 0.6 is 0 Å². The first-order valence-corrected chi connectivity index (χ1v) is 11.3. The lowest BCUT2D eigenvalue weighted by molar-refractivity contribution is -0.122. The van der Waals surface area contributed by atoms with E-state index in [1.807, 2.05) is 39.0 Å². The van der Waals surface area contributed by atoms with Gasteiger partial charge in [-0.05, 0) is 39.0 Å². The Hall–Kier alpha value is -2.87. The summed E-state index contributed by atoms with van der Waals surface area (Å²) in [5.74, 6) is -0.175. The number of benzene rings is 2. The summed E-state index contributed by atoms with van der Waals surface area (Å²) < 4.78 is 32.1. The van der Waals surface area contributed by atoms with Gasteiger partial charge in [-0.25, -0.2) is 12.7 Å². The fraction of sp³-hybridized carbons (Fsp3) is 0.364. The number of nitrogens with one attached hydrogen (secondary N) is 1. The van der Waals surface area contributed by atoms with Crippen molar-refractivity contribution in [2.24, 2.45) is 0 Å². The minimum absolute atomic E-state index is 0.00834. The van der Waals surface area contributed by atoms with E-state index in [2.05, 4.69) is 5.32 Å². The molecule has 2 aliphatic heterocycles. The van der Waals surface area contributed by atoms with Crippen LogP contribution in [0.3, 0.4) is 0 Å². The zero-order chi connectivity index (χ0) is 21.7. The number of sulfonamides is 1. The van der Waals surface area contributed by atoms with Crippen LogP contribution in [0.25, 0.3) is 0 Å². The van der Waals surface area contributed by atoms with E-state index in [-0.39, 0.29) is 35.4 Å². The lowest BCUT2D eigenvalue weighted by atomic mass is 9.89. The van der Waals surface area contributed by atoms with Crippen molar-refractivity contribution in [2.75, 3.05) is 6.54 Å². The number of nitrogens with zero attached hydrogens (tertiary/aromatic N) is 1. The number of hydrogen-bond acceptors (Lipinski definition) is 5. The first kappa shape index (κ1) is 20.4. The molecule has 0 bridgehead atoms. The van der Waals surface area contributed by atoms with E-state index in [4.69, 9.17) is 4.74 Å². The highest BCUT2D eigenvalue weighted by Crippen LogP contribution is 2.40. The van der Waals surface area contributed by atoms with Crippen molar-refractivity contribution in [3.8, 4) is 5.75 Å². The Morgan fingerprint density at radius 1 is 1.23 bits per heavy atom. The fourth-order valence-electron chi connectivity index (χ4n) is 4.02. The highest BCUT2D eigenvalue weighted by atomic mass is 32.2. The molecule has 0 aliphatic carbocycles. The normalized spacial score (nSPS) is 20.8. The molecular formula is C22H24N2O5S. The summed E-state index contributed by atoms with van der Waals surface area (Å²) in [6, 6.07) is 11.7. The van der Waals surface area contributed by atoms with Gasteiger partial charge < -0.3 is 10.1 Å². The summed E-state index contributed by atoms with van der Waals surface area (Å²) in [6.45, 7) is 5.69. The van der Waals surface area contributed by atoms with E-state index in [0.29, 0.717) is 6.42 Å². The molecule has 158 valence electrons. The van der Waals surface area contributed by atoms with Crippen molar-refractivity contribution in [1.82, 2.24) is 9.62 Å². The van der Waals surface area contributed by atoms with Crippen molar-refractivity contribution in [3.63, 3.8) is 0 Å². The Balaban J connectivity index is 1.48. The predicted octanol–water partition coefficient (Wildman–Crippen LogP) is 2.95. The van der Waals surface area contributed by atoms with E-state index in [9.17, 15) is 18.0 Å². The number of amides is 2. The van der Waals surface area contributed by atoms with Crippen LogP contribution in [-0.2, 0) is 14.8 Å². The third kappa shape index (κ3) is 3.56. The van der Waals surface area contributed by atoms with E-state index in [1.54, 1.807) is 12.1 Å². The molecule has 1 unspecified atom stereocenters. The van der Waals surface area contributed by atoms with Crippen LogP contribution in [-0.4, -0.2) is 36.7 Å². The molecule has 2 aliphatic rings. The van der Waals surface area contributed by atoms with E-state index in [1.165, 1.54) is 12.1 Å². The Morgan fingerprint density at radius 2 is 1.97 bits per heavy atom. The molecule has 0 radical (unpaired) electrons. The van der Waals surface area contributed by atoms with Crippen LogP contribution in [0.2, 0.25) is 0 Å². The standard InChI is InChI=1S/C22H24N2O5S/c1-14-8-9-18-16(12-14)17(13-22(2,3)29-18)23-20(25)10-11-24-21(26)15-6-4-5-7-19(15)30(24,27)28/h4-9,12,17H,10-11,13H2,1-3H3,(H,23,25). The molecule has 2 aromatic carbocycles. The lowest BCUT2D eigenvalue weighted by Gasteiger charge is -2.38. The molecule has 2 heterocycles. The first-order valence-electron chi connectivity index (χ1n) is 9.83. The number of rotatable bonds is 4. The van der Waals surface area contributed by atoms with Crippen LogP contribution in [0.5, 0.6) is 5.75 Å². The van der Waals surface area contributed by atoms with Gasteiger partial charge >= 0.3 is 0 Å². The number of hydrogen-bond donors (Lipinski definition) is 1. The van der Waals surface area contributed by atoms with E-state index >= 15 is 0 Å². The van der Waals surface area contributed by atoms with Crippen molar-refractivity contribution in [3.05, 3.63) is 59.2 Å². The summed E-state index contributed by atoms with van der Waals surface area (Å²) in [5.41, 5.74) is 1.66. The molecule has 8 heteroatoms. The fourth-order valence-corrected chi connectivity index (χ4v) is 5.59. The van der Waals surface area contributed by atoms with Gasteiger partial charge in [0.15, 0.2) is 0 Å². The smallest absolute Gasteiger partial charge is 0.269 e. The Morgan fingerprint density at radius 3 is 2.70 bits per heavy atom. The van der Waals surface area contributed by atoms with Gasteiger partial charge in [-0.3, -0.25) is 9.59 Å². The second-order valence-corrected chi connectivity index (χ2v) is 10.2. The number of aryl methyl sites for hydroxylation is 1. The number of carbonyl (C=O) groups excluding carboxylic acids is 2. The van der Waals surface area contributed by atoms with Crippen molar-refractivity contribution in [2.45, 2.75) is 50.2 Å². The van der Waals surface area contributed by atoms with Crippen LogP contribution in [0, 0.1) is 6.92 Å². The van der Waals surface area contributed by atoms with Gasteiger partial charge in [0.1, 0.15) is 16.2 Å². The van der Waals surface area contributed by atoms with E-state index in [0.717, 1.165) is 21.2 Å². The number of fused-ring (bicyclic) bond motifs is 2. The van der Waals surface area contributed by atoms with Gasteiger partial charge in [0.2, 0.25) is 5.91 Å². The summed E-state index contributed by atoms with van der Waals surface area (Å²) in [6.07, 6.45) is 0.472. The maximum absolute atomic E-state index is 12.7. The molecule has 30 heavy (non-hydrogen) atoms. The Labute approximate surface area is 176 Å². The molecule has 2 amide bonds. The molecule has 2 aromatic rings. The molecule has 0 saturated carbocycles. The summed E-state index contributed by atoms with van der Waals surface area (Å²) in [4.78, 5) is 25.2. The third-order valence-corrected chi connectivity index (χ3v) is 7.25. The van der Waals surface area contributed by atoms with Crippen molar-refractivity contribution < 1.29 is 22.7 Å². The monoisotopic (exact) mass is 428 g/mol. The molecule has 0 saturated heterocycles. The van der Waals surface area contributed by atoms with Crippen LogP contribution < -0.4 is 10.1 Å². The second kappa shape index (κ2) is 7.12. The zero-order valence-corrected chi connectivity index (χ0v) is 18.0. The second-order valence-electron chi connectivity index (χ2n) is 8.36. The molecule has 4 rings (SSSR count). The topological polar surface area (TPSA) is 92.8 Å². The van der Waals surface area contributed by atoms with Gasteiger partial charge in [-0.1, -0.05) is 29.8 Å². The highest BCUT2D eigenvalue weighted by Gasteiger charge is 2.41. The number of ether oxygens (including phenoxy) is 1. The van der Waals surface area contributed by atoms with Gasteiger partial charge in [-0.2, -0.15) is 0 Å². The summed E-state index contributed by atoms with van der Waals surface area (Å²) in [7, 11) is -3.91. The number of carbonyl (C=O) groups is 2. The average molecular weight is 429 g/mol. The van der Waals surface area contributed by atoms with E-state index < -0.39 is 21.5 Å². The largest absolute Gasteiger partial charge is 0.487 e. The van der Waals surface area contributed by atoms with Gasteiger partial charge in [0.25, 0.3) is 15.9 Å². The maximum atomic E-state index is 12.7. The third-order valence-electron chi connectivity index (χ3n) is 5.41. The minimum Gasteiger partial charge on any atom is -0.487 e. The van der Waals surface area contributed by atoms with Crippen LogP contribution in [0.15, 0.2) is 47.4 Å². The minimum atomic E-state index is -3.91. The molecule has 0 aromatic heterocycles. The highest BCUT2D eigenvalue weighted by molar-refractivity contribution is 7.90. The molecule has 0 spiro atoms. The molecule has 1 atom stereocenters. The average Bonchev–Trinajstić information content (AvgIpc) is 2.86. The Bertz CT molecular complexity index is 1140.